The molecule has 0 aliphatic heterocycles. The number of H-pyrrole nitrogens is 1. The van der Waals surface area contributed by atoms with Crippen molar-refractivity contribution in [1.29, 1.82) is 0 Å². The predicted molar refractivity (Wildman–Crippen MR) is 71.8 cm³/mol. The molecule has 0 amide bonds. The highest BCUT2D eigenvalue weighted by atomic mass is 32.2. The third kappa shape index (κ3) is 2.37. The molecule has 0 spiro atoms. The molecule has 3 aromatic rings. The molecule has 3 rings (SSSR count). The summed E-state index contributed by atoms with van der Waals surface area (Å²) in [5.74, 6) is -0.0931. The van der Waals surface area contributed by atoms with E-state index in [1.807, 2.05) is 24.3 Å². The maximum absolute atomic E-state index is 13.6. The molecule has 0 atom stereocenters. The zero-order valence-corrected chi connectivity index (χ0v) is 10.8. The summed E-state index contributed by atoms with van der Waals surface area (Å²) in [5.41, 5.74) is 1.75. The van der Waals surface area contributed by atoms with E-state index >= 15 is 0 Å². The number of anilines is 1. The monoisotopic (exact) mass is 275 g/mol. The Morgan fingerprint density at radius 2 is 2.11 bits per heavy atom. The van der Waals surface area contributed by atoms with E-state index in [1.54, 1.807) is 7.05 Å². The van der Waals surface area contributed by atoms with Gasteiger partial charge in [-0.1, -0.05) is 12.1 Å². The Morgan fingerprint density at radius 1 is 1.26 bits per heavy atom. The third-order valence-corrected chi connectivity index (χ3v) is 3.36. The van der Waals surface area contributed by atoms with E-state index in [0.717, 1.165) is 29.0 Å². The Hall–Kier alpha value is -2.15. The minimum atomic E-state index is -0.468. The standard InChI is InChI=1S/C12H10FN5S/c1-14-11-15-6-7(13)10(18-11)19-12-16-8-4-2-3-5-9(8)17-12/h2-6H,1H3,(H,16,17)(H,14,15,18). The van der Waals surface area contributed by atoms with Crippen LogP contribution in [-0.2, 0) is 0 Å². The summed E-state index contributed by atoms with van der Waals surface area (Å²) < 4.78 is 13.6. The zero-order chi connectivity index (χ0) is 13.2. The van der Waals surface area contributed by atoms with Crippen molar-refractivity contribution in [2.24, 2.45) is 0 Å². The van der Waals surface area contributed by atoms with Gasteiger partial charge in [0.25, 0.3) is 0 Å². The topological polar surface area (TPSA) is 66.5 Å². The first-order valence-corrected chi connectivity index (χ1v) is 6.41. The van der Waals surface area contributed by atoms with Gasteiger partial charge < -0.3 is 10.3 Å². The van der Waals surface area contributed by atoms with E-state index in [1.165, 1.54) is 0 Å². The highest BCUT2D eigenvalue weighted by Gasteiger charge is 2.11. The average molecular weight is 275 g/mol. The van der Waals surface area contributed by atoms with Gasteiger partial charge in [-0.05, 0) is 23.9 Å². The van der Waals surface area contributed by atoms with Gasteiger partial charge in [0.05, 0.1) is 17.2 Å². The molecule has 2 aromatic heterocycles. The van der Waals surface area contributed by atoms with E-state index in [-0.39, 0.29) is 5.03 Å². The van der Waals surface area contributed by atoms with Crippen LogP contribution in [0.15, 0.2) is 40.6 Å². The molecule has 1 aromatic carbocycles. The smallest absolute Gasteiger partial charge is 0.223 e. The van der Waals surface area contributed by atoms with Crippen LogP contribution in [0.2, 0.25) is 0 Å². The van der Waals surface area contributed by atoms with E-state index in [0.29, 0.717) is 11.1 Å². The number of nitrogens with zero attached hydrogens (tertiary/aromatic N) is 3. The first-order valence-electron chi connectivity index (χ1n) is 5.59. The van der Waals surface area contributed by atoms with Crippen LogP contribution >= 0.6 is 11.8 Å². The number of aromatic nitrogens is 4. The highest BCUT2D eigenvalue weighted by Crippen LogP contribution is 2.27. The maximum atomic E-state index is 13.6. The number of aromatic amines is 1. The fourth-order valence-corrected chi connectivity index (χ4v) is 2.38. The van der Waals surface area contributed by atoms with Crippen molar-refractivity contribution in [3.8, 4) is 0 Å². The zero-order valence-electron chi connectivity index (χ0n) is 10.0. The van der Waals surface area contributed by atoms with Gasteiger partial charge in [-0.2, -0.15) is 0 Å². The molecule has 19 heavy (non-hydrogen) atoms. The van der Waals surface area contributed by atoms with Gasteiger partial charge in [0, 0.05) is 7.05 Å². The molecule has 0 aliphatic carbocycles. The number of hydrogen-bond donors (Lipinski definition) is 2. The van der Waals surface area contributed by atoms with Crippen molar-refractivity contribution in [3.05, 3.63) is 36.3 Å². The number of hydrogen-bond acceptors (Lipinski definition) is 5. The lowest BCUT2D eigenvalue weighted by Crippen LogP contribution is -1.99. The second kappa shape index (κ2) is 4.85. The van der Waals surface area contributed by atoms with E-state index in [2.05, 4.69) is 25.3 Å². The SMILES string of the molecule is CNc1ncc(F)c(Sc2nc3ccccc3[nH]2)n1. The summed E-state index contributed by atoms with van der Waals surface area (Å²) in [6, 6.07) is 7.63. The Morgan fingerprint density at radius 3 is 2.89 bits per heavy atom. The molecule has 0 radical (unpaired) electrons. The molecule has 2 heterocycles. The molecule has 0 bridgehead atoms. The molecule has 0 unspecified atom stereocenters. The highest BCUT2D eigenvalue weighted by molar-refractivity contribution is 7.99. The molecule has 0 saturated carbocycles. The van der Waals surface area contributed by atoms with Crippen LogP contribution in [0, 0.1) is 5.82 Å². The normalized spacial score (nSPS) is 10.8. The van der Waals surface area contributed by atoms with E-state index in [9.17, 15) is 4.39 Å². The number of halogens is 1. The lowest BCUT2D eigenvalue weighted by molar-refractivity contribution is 0.580. The molecule has 7 heteroatoms. The molecule has 2 N–H and O–H groups in total. The number of imidazole rings is 1. The largest absolute Gasteiger partial charge is 0.357 e. The Bertz CT molecular complexity index is 694. The summed E-state index contributed by atoms with van der Waals surface area (Å²) in [4.78, 5) is 15.3. The number of benzene rings is 1. The van der Waals surface area contributed by atoms with Crippen molar-refractivity contribution in [2.75, 3.05) is 12.4 Å². The fraction of sp³-hybridized carbons (Fsp3) is 0.0833. The molecular formula is C12H10FN5S. The minimum absolute atomic E-state index is 0.235. The van der Waals surface area contributed by atoms with Crippen LogP contribution in [0.5, 0.6) is 0 Å². The first kappa shape index (κ1) is 11.9. The van der Waals surface area contributed by atoms with Crippen LogP contribution in [0.25, 0.3) is 11.0 Å². The Kier molecular flexibility index (Phi) is 3.04. The Labute approximate surface area is 112 Å². The Balaban J connectivity index is 1.96. The lowest BCUT2D eigenvalue weighted by atomic mass is 10.3. The molecule has 0 saturated heterocycles. The van der Waals surface area contributed by atoms with Crippen LogP contribution < -0.4 is 5.32 Å². The first-order chi connectivity index (χ1) is 9.26. The van der Waals surface area contributed by atoms with E-state index < -0.39 is 5.82 Å². The number of rotatable bonds is 3. The van der Waals surface area contributed by atoms with Crippen LogP contribution in [0.4, 0.5) is 10.3 Å². The van der Waals surface area contributed by atoms with E-state index in [4.69, 9.17) is 0 Å². The van der Waals surface area contributed by atoms with Gasteiger partial charge in [0.1, 0.15) is 5.03 Å². The van der Waals surface area contributed by atoms with Gasteiger partial charge in [-0.3, -0.25) is 0 Å². The lowest BCUT2D eigenvalue weighted by Gasteiger charge is -2.02. The maximum Gasteiger partial charge on any atom is 0.223 e. The average Bonchev–Trinajstić information content (AvgIpc) is 2.83. The van der Waals surface area contributed by atoms with Crippen molar-refractivity contribution >= 4 is 28.7 Å². The van der Waals surface area contributed by atoms with Crippen molar-refractivity contribution in [2.45, 2.75) is 10.2 Å². The molecular weight excluding hydrogens is 265 g/mol. The molecule has 96 valence electrons. The quantitative estimate of drug-likeness (QED) is 0.719. The molecule has 5 nitrogen and oxygen atoms in total. The number of para-hydroxylation sites is 2. The summed E-state index contributed by atoms with van der Waals surface area (Å²) in [6.45, 7) is 0. The summed E-state index contributed by atoms with van der Waals surface area (Å²) in [5, 5.41) is 3.61. The predicted octanol–water partition coefficient (Wildman–Crippen LogP) is 2.68. The number of fused-ring (bicyclic) bond motifs is 1. The summed E-state index contributed by atoms with van der Waals surface area (Å²) in [7, 11) is 1.68. The minimum Gasteiger partial charge on any atom is -0.357 e. The van der Waals surface area contributed by atoms with Gasteiger partial charge in [0.15, 0.2) is 11.0 Å². The molecule has 0 aliphatic rings. The second-order valence-electron chi connectivity index (χ2n) is 3.76. The van der Waals surface area contributed by atoms with Gasteiger partial charge in [0.2, 0.25) is 5.95 Å². The van der Waals surface area contributed by atoms with Crippen molar-refractivity contribution in [1.82, 2.24) is 19.9 Å². The number of nitrogens with one attached hydrogen (secondary N) is 2. The van der Waals surface area contributed by atoms with Crippen LogP contribution in [0.1, 0.15) is 0 Å². The van der Waals surface area contributed by atoms with Crippen LogP contribution in [0.3, 0.4) is 0 Å². The third-order valence-electron chi connectivity index (χ3n) is 2.50. The van der Waals surface area contributed by atoms with Crippen molar-refractivity contribution < 1.29 is 4.39 Å². The second-order valence-corrected chi connectivity index (χ2v) is 4.74. The van der Waals surface area contributed by atoms with Gasteiger partial charge >= 0.3 is 0 Å². The van der Waals surface area contributed by atoms with Gasteiger partial charge in [-0.25, -0.2) is 19.3 Å². The van der Waals surface area contributed by atoms with Gasteiger partial charge in [-0.15, -0.1) is 0 Å². The summed E-state index contributed by atoms with van der Waals surface area (Å²) in [6.07, 6.45) is 1.14. The van der Waals surface area contributed by atoms with Crippen LogP contribution in [-0.4, -0.2) is 27.0 Å². The van der Waals surface area contributed by atoms with Crippen molar-refractivity contribution in [3.63, 3.8) is 0 Å². The summed E-state index contributed by atoms with van der Waals surface area (Å²) >= 11 is 1.14. The fourth-order valence-electron chi connectivity index (χ4n) is 1.61. The molecule has 0 fully saturated rings.